The molecule has 1 unspecified atom stereocenters. The van der Waals surface area contributed by atoms with Crippen molar-refractivity contribution in [3.63, 3.8) is 0 Å². The minimum atomic E-state index is -0.426. The van der Waals surface area contributed by atoms with Gasteiger partial charge in [0.15, 0.2) is 0 Å². The minimum Gasteiger partial charge on any atom is -0.338 e. The molecule has 3 N–H and O–H groups in total. The zero-order valence-corrected chi connectivity index (χ0v) is 10.6. The number of hydrogen-bond acceptors (Lipinski definition) is 4. The van der Waals surface area contributed by atoms with Gasteiger partial charge in [-0.15, -0.1) is 0 Å². The first kappa shape index (κ1) is 13.9. The Bertz CT molecular complexity index is 264. The molecular formula is C11H22N4O2. The quantitative estimate of drug-likeness (QED) is 0.608. The molecule has 0 saturated carbocycles. The molecular weight excluding hydrogens is 220 g/mol. The molecule has 1 rings (SSSR count). The normalized spacial score (nSPS) is 19.4. The highest BCUT2D eigenvalue weighted by Crippen LogP contribution is 2.05. The van der Waals surface area contributed by atoms with Gasteiger partial charge in [-0.1, -0.05) is 0 Å². The SMILES string of the molecule is CCNC(=O)NC(=O)CN(C)CC1CCCN1. The lowest BCUT2D eigenvalue weighted by Gasteiger charge is -2.20. The fourth-order valence-corrected chi connectivity index (χ4v) is 1.97. The number of carbonyl (C=O) groups is 2. The van der Waals surface area contributed by atoms with Crippen LogP contribution >= 0.6 is 0 Å². The molecule has 1 aliphatic rings. The van der Waals surface area contributed by atoms with Crippen LogP contribution in [0.25, 0.3) is 0 Å². The Morgan fingerprint density at radius 3 is 2.82 bits per heavy atom. The van der Waals surface area contributed by atoms with Crippen molar-refractivity contribution in [1.29, 1.82) is 0 Å². The highest BCUT2D eigenvalue weighted by molar-refractivity contribution is 5.95. The van der Waals surface area contributed by atoms with E-state index in [0.29, 0.717) is 12.6 Å². The second-order valence-corrected chi connectivity index (χ2v) is 4.40. The van der Waals surface area contributed by atoms with Crippen LogP contribution in [0, 0.1) is 0 Å². The van der Waals surface area contributed by atoms with E-state index in [2.05, 4.69) is 16.0 Å². The molecule has 0 aromatic heterocycles. The highest BCUT2D eigenvalue weighted by atomic mass is 16.2. The number of carbonyl (C=O) groups excluding carboxylic acids is 2. The van der Waals surface area contributed by atoms with E-state index in [4.69, 9.17) is 0 Å². The van der Waals surface area contributed by atoms with Crippen molar-refractivity contribution in [2.45, 2.75) is 25.8 Å². The van der Waals surface area contributed by atoms with E-state index in [1.807, 2.05) is 18.9 Å². The van der Waals surface area contributed by atoms with Crippen LogP contribution in [0.2, 0.25) is 0 Å². The Morgan fingerprint density at radius 2 is 2.24 bits per heavy atom. The number of nitrogens with zero attached hydrogens (tertiary/aromatic N) is 1. The van der Waals surface area contributed by atoms with Gasteiger partial charge in [-0.05, 0) is 33.4 Å². The lowest BCUT2D eigenvalue weighted by atomic mass is 10.2. The van der Waals surface area contributed by atoms with E-state index in [9.17, 15) is 9.59 Å². The summed E-state index contributed by atoms with van der Waals surface area (Å²) in [5.41, 5.74) is 0. The third-order valence-electron chi connectivity index (χ3n) is 2.70. The third kappa shape index (κ3) is 5.65. The highest BCUT2D eigenvalue weighted by Gasteiger charge is 2.17. The smallest absolute Gasteiger partial charge is 0.321 e. The fraction of sp³-hybridized carbons (Fsp3) is 0.818. The van der Waals surface area contributed by atoms with Crippen LogP contribution in [-0.4, -0.2) is 56.1 Å². The van der Waals surface area contributed by atoms with E-state index in [1.165, 1.54) is 6.42 Å². The van der Waals surface area contributed by atoms with Gasteiger partial charge in [0.1, 0.15) is 0 Å². The third-order valence-corrected chi connectivity index (χ3v) is 2.70. The molecule has 0 bridgehead atoms. The standard InChI is InChI=1S/C11H22N4O2/c1-3-12-11(17)14-10(16)8-15(2)7-9-5-4-6-13-9/h9,13H,3-8H2,1-2H3,(H2,12,14,16,17). The average molecular weight is 242 g/mol. The molecule has 1 atom stereocenters. The van der Waals surface area contributed by atoms with Gasteiger partial charge < -0.3 is 10.6 Å². The van der Waals surface area contributed by atoms with Crippen LogP contribution in [0.1, 0.15) is 19.8 Å². The summed E-state index contributed by atoms with van der Waals surface area (Å²) in [7, 11) is 1.89. The molecule has 3 amide bonds. The number of likely N-dealkylation sites (N-methyl/N-ethyl adjacent to an activating group) is 1. The molecule has 6 nitrogen and oxygen atoms in total. The van der Waals surface area contributed by atoms with Crippen LogP contribution in [0.3, 0.4) is 0 Å². The monoisotopic (exact) mass is 242 g/mol. The van der Waals surface area contributed by atoms with E-state index < -0.39 is 6.03 Å². The van der Waals surface area contributed by atoms with E-state index in [0.717, 1.165) is 19.5 Å². The van der Waals surface area contributed by atoms with Gasteiger partial charge in [-0.25, -0.2) is 4.79 Å². The first-order valence-corrected chi connectivity index (χ1v) is 6.11. The Hall–Kier alpha value is -1.14. The lowest BCUT2D eigenvalue weighted by Crippen LogP contribution is -2.45. The molecule has 0 aromatic carbocycles. The van der Waals surface area contributed by atoms with Crippen LogP contribution in [-0.2, 0) is 4.79 Å². The Kier molecular flexibility index (Phi) is 5.93. The van der Waals surface area contributed by atoms with Crippen LogP contribution in [0.4, 0.5) is 4.79 Å². The molecule has 1 fully saturated rings. The first-order valence-electron chi connectivity index (χ1n) is 6.11. The molecule has 0 radical (unpaired) electrons. The van der Waals surface area contributed by atoms with Gasteiger partial charge in [0, 0.05) is 19.1 Å². The zero-order valence-electron chi connectivity index (χ0n) is 10.6. The predicted molar refractivity (Wildman–Crippen MR) is 65.7 cm³/mol. The number of imide groups is 1. The van der Waals surface area contributed by atoms with Gasteiger partial charge in [-0.3, -0.25) is 15.0 Å². The van der Waals surface area contributed by atoms with Crippen LogP contribution in [0.5, 0.6) is 0 Å². The maximum atomic E-state index is 11.5. The lowest BCUT2D eigenvalue weighted by molar-refractivity contribution is -0.120. The summed E-state index contributed by atoms with van der Waals surface area (Å²) < 4.78 is 0. The number of nitrogens with one attached hydrogen (secondary N) is 3. The summed E-state index contributed by atoms with van der Waals surface area (Å²) in [6, 6.07) is 0.0437. The van der Waals surface area contributed by atoms with Crippen LogP contribution < -0.4 is 16.0 Å². The Balaban J connectivity index is 2.18. The first-order chi connectivity index (χ1) is 8.11. The zero-order chi connectivity index (χ0) is 12.7. The number of amides is 3. The number of rotatable bonds is 5. The predicted octanol–water partition coefficient (Wildman–Crippen LogP) is -0.484. The molecule has 1 saturated heterocycles. The summed E-state index contributed by atoms with van der Waals surface area (Å²) in [5.74, 6) is -0.267. The summed E-state index contributed by atoms with van der Waals surface area (Å²) in [6.45, 7) is 4.46. The molecule has 98 valence electrons. The van der Waals surface area contributed by atoms with Gasteiger partial charge in [-0.2, -0.15) is 0 Å². The van der Waals surface area contributed by atoms with E-state index in [-0.39, 0.29) is 12.5 Å². The van der Waals surface area contributed by atoms with E-state index >= 15 is 0 Å². The topological polar surface area (TPSA) is 73.5 Å². The van der Waals surface area contributed by atoms with Gasteiger partial charge in [0.25, 0.3) is 0 Å². The second kappa shape index (κ2) is 7.24. The summed E-state index contributed by atoms with van der Waals surface area (Å²) in [6.07, 6.45) is 2.35. The Morgan fingerprint density at radius 1 is 1.47 bits per heavy atom. The molecule has 6 heteroatoms. The van der Waals surface area contributed by atoms with Crippen molar-refractivity contribution in [3.8, 4) is 0 Å². The van der Waals surface area contributed by atoms with Gasteiger partial charge >= 0.3 is 6.03 Å². The molecule has 1 heterocycles. The maximum Gasteiger partial charge on any atom is 0.321 e. The van der Waals surface area contributed by atoms with Crippen molar-refractivity contribution in [3.05, 3.63) is 0 Å². The van der Waals surface area contributed by atoms with Gasteiger partial charge in [0.05, 0.1) is 6.54 Å². The molecule has 0 aromatic rings. The summed E-state index contributed by atoms with van der Waals surface area (Å²) in [4.78, 5) is 24.5. The van der Waals surface area contributed by atoms with Crippen molar-refractivity contribution < 1.29 is 9.59 Å². The van der Waals surface area contributed by atoms with Crippen molar-refractivity contribution in [2.24, 2.45) is 0 Å². The van der Waals surface area contributed by atoms with Crippen molar-refractivity contribution >= 4 is 11.9 Å². The van der Waals surface area contributed by atoms with Crippen molar-refractivity contribution in [1.82, 2.24) is 20.9 Å². The summed E-state index contributed by atoms with van der Waals surface area (Å²) >= 11 is 0. The number of urea groups is 1. The summed E-state index contributed by atoms with van der Waals surface area (Å²) in [5, 5.41) is 8.18. The van der Waals surface area contributed by atoms with Crippen LogP contribution in [0.15, 0.2) is 0 Å². The molecule has 1 aliphatic heterocycles. The molecule has 0 spiro atoms. The van der Waals surface area contributed by atoms with Crippen molar-refractivity contribution in [2.75, 3.05) is 33.2 Å². The van der Waals surface area contributed by atoms with Gasteiger partial charge in [0.2, 0.25) is 5.91 Å². The average Bonchev–Trinajstić information content (AvgIpc) is 2.69. The van der Waals surface area contributed by atoms with E-state index in [1.54, 1.807) is 0 Å². The Labute approximate surface area is 102 Å². The number of hydrogen-bond donors (Lipinski definition) is 3. The fourth-order valence-electron chi connectivity index (χ4n) is 1.97. The second-order valence-electron chi connectivity index (χ2n) is 4.40. The minimum absolute atomic E-state index is 0.245. The largest absolute Gasteiger partial charge is 0.338 e. The molecule has 17 heavy (non-hydrogen) atoms. The molecule has 0 aliphatic carbocycles. The maximum absolute atomic E-state index is 11.5.